The summed E-state index contributed by atoms with van der Waals surface area (Å²) >= 11 is 0. The predicted octanol–water partition coefficient (Wildman–Crippen LogP) is 2.33. The highest BCUT2D eigenvalue weighted by atomic mass is 16.3. The van der Waals surface area contributed by atoms with Crippen LogP contribution in [0, 0.1) is 12.8 Å². The van der Waals surface area contributed by atoms with E-state index in [0.29, 0.717) is 12.1 Å². The molecule has 3 fully saturated rings. The lowest BCUT2D eigenvalue weighted by Gasteiger charge is -2.45. The summed E-state index contributed by atoms with van der Waals surface area (Å²) in [5, 5.41) is 3.74. The Morgan fingerprint density at radius 1 is 1.35 bits per heavy atom. The Labute approximate surface area is 103 Å². The summed E-state index contributed by atoms with van der Waals surface area (Å²) in [6, 6.07) is 5.12. The van der Waals surface area contributed by atoms with Crippen molar-refractivity contribution in [2.45, 2.75) is 38.8 Å². The molecule has 4 heterocycles. The molecule has 0 spiro atoms. The zero-order valence-electron chi connectivity index (χ0n) is 10.8. The topological polar surface area (TPSA) is 28.4 Å². The maximum absolute atomic E-state index is 5.69. The normalized spacial score (nSPS) is 33.9. The van der Waals surface area contributed by atoms with Crippen molar-refractivity contribution in [2.24, 2.45) is 5.92 Å². The number of hydrogen-bond donors (Lipinski definition) is 1. The molecule has 3 aliphatic heterocycles. The highest BCUT2D eigenvalue weighted by molar-refractivity contribution is 5.09. The van der Waals surface area contributed by atoms with Gasteiger partial charge in [0, 0.05) is 12.6 Å². The van der Waals surface area contributed by atoms with Crippen LogP contribution >= 0.6 is 0 Å². The van der Waals surface area contributed by atoms with E-state index in [4.69, 9.17) is 4.42 Å². The van der Waals surface area contributed by atoms with Crippen LogP contribution in [0.3, 0.4) is 0 Å². The number of furan rings is 1. The van der Waals surface area contributed by atoms with Crippen LogP contribution in [-0.4, -0.2) is 30.6 Å². The summed E-state index contributed by atoms with van der Waals surface area (Å²) in [4.78, 5) is 2.58. The number of piperidine rings is 3. The molecule has 2 unspecified atom stereocenters. The van der Waals surface area contributed by atoms with Crippen LogP contribution in [0.5, 0.6) is 0 Å². The minimum absolute atomic E-state index is 0.328. The number of nitrogens with zero attached hydrogens (tertiary/aromatic N) is 1. The van der Waals surface area contributed by atoms with E-state index in [2.05, 4.69) is 23.2 Å². The maximum atomic E-state index is 5.69. The first-order valence-corrected chi connectivity index (χ1v) is 6.77. The van der Waals surface area contributed by atoms with Gasteiger partial charge in [-0.25, -0.2) is 0 Å². The Bertz CT molecular complexity index is 379. The predicted molar refractivity (Wildman–Crippen MR) is 67.9 cm³/mol. The lowest BCUT2D eigenvalue weighted by Crippen LogP contribution is -2.56. The molecule has 3 heteroatoms. The van der Waals surface area contributed by atoms with Gasteiger partial charge in [-0.2, -0.15) is 0 Å². The molecular formula is C14H22N2O. The largest absolute Gasteiger partial charge is 0.465 e. The standard InChI is InChI=1S/C14H22N2O/c1-10-3-4-14(17-10)11(2)15-13-9-16-7-5-12(13)6-8-16/h3-4,11-13,15H,5-9H2,1-2H3. The zero-order chi connectivity index (χ0) is 11.8. The number of hydrogen-bond acceptors (Lipinski definition) is 3. The van der Waals surface area contributed by atoms with Crippen LogP contribution in [0.15, 0.2) is 16.5 Å². The fourth-order valence-corrected chi connectivity index (χ4v) is 3.24. The van der Waals surface area contributed by atoms with Crippen molar-refractivity contribution >= 4 is 0 Å². The van der Waals surface area contributed by atoms with Gasteiger partial charge in [-0.3, -0.25) is 0 Å². The molecule has 2 bridgehead atoms. The first-order chi connectivity index (χ1) is 8.22. The van der Waals surface area contributed by atoms with Crippen LogP contribution in [0.1, 0.15) is 37.3 Å². The van der Waals surface area contributed by atoms with Crippen molar-refractivity contribution in [3.05, 3.63) is 23.7 Å². The fourth-order valence-electron chi connectivity index (χ4n) is 3.24. The Morgan fingerprint density at radius 2 is 2.12 bits per heavy atom. The van der Waals surface area contributed by atoms with Gasteiger partial charge in [0.15, 0.2) is 0 Å². The third-order valence-electron chi connectivity index (χ3n) is 4.31. The summed E-state index contributed by atoms with van der Waals surface area (Å²) in [6.45, 7) is 8.03. The van der Waals surface area contributed by atoms with Gasteiger partial charge in [-0.05, 0) is 57.8 Å². The molecule has 3 nitrogen and oxygen atoms in total. The summed E-state index contributed by atoms with van der Waals surface area (Å²) in [7, 11) is 0. The molecule has 17 heavy (non-hydrogen) atoms. The Balaban J connectivity index is 1.63. The van der Waals surface area contributed by atoms with E-state index in [1.54, 1.807) is 0 Å². The van der Waals surface area contributed by atoms with Crippen molar-refractivity contribution in [1.29, 1.82) is 0 Å². The Kier molecular flexibility index (Phi) is 2.97. The highest BCUT2D eigenvalue weighted by Gasteiger charge is 2.34. The molecule has 0 aliphatic carbocycles. The minimum atomic E-state index is 0.328. The Hall–Kier alpha value is -0.800. The minimum Gasteiger partial charge on any atom is -0.465 e. The quantitative estimate of drug-likeness (QED) is 0.870. The first kappa shape index (κ1) is 11.3. The fraction of sp³-hybridized carbons (Fsp3) is 0.714. The maximum Gasteiger partial charge on any atom is 0.120 e. The van der Waals surface area contributed by atoms with Crippen molar-refractivity contribution in [1.82, 2.24) is 10.2 Å². The molecule has 1 aromatic heterocycles. The average Bonchev–Trinajstić information content (AvgIpc) is 2.77. The van der Waals surface area contributed by atoms with Gasteiger partial charge in [-0.1, -0.05) is 0 Å². The second-order valence-corrected chi connectivity index (χ2v) is 5.58. The van der Waals surface area contributed by atoms with Gasteiger partial charge in [0.1, 0.15) is 11.5 Å². The van der Waals surface area contributed by atoms with Crippen LogP contribution < -0.4 is 5.32 Å². The van der Waals surface area contributed by atoms with Crippen LogP contribution in [0.4, 0.5) is 0 Å². The smallest absolute Gasteiger partial charge is 0.120 e. The van der Waals surface area contributed by atoms with E-state index >= 15 is 0 Å². The van der Waals surface area contributed by atoms with Crippen molar-refractivity contribution < 1.29 is 4.42 Å². The summed E-state index contributed by atoms with van der Waals surface area (Å²) < 4.78 is 5.69. The molecule has 4 rings (SSSR count). The molecule has 0 radical (unpaired) electrons. The number of aryl methyl sites for hydroxylation is 1. The molecular weight excluding hydrogens is 212 g/mol. The van der Waals surface area contributed by atoms with Gasteiger partial charge in [0.05, 0.1) is 6.04 Å². The second kappa shape index (κ2) is 4.46. The number of fused-ring (bicyclic) bond motifs is 3. The SMILES string of the molecule is Cc1ccc(C(C)NC2CN3CCC2CC3)o1. The molecule has 3 saturated heterocycles. The van der Waals surface area contributed by atoms with E-state index in [1.807, 2.05) is 13.0 Å². The van der Waals surface area contributed by atoms with Gasteiger partial charge in [-0.15, -0.1) is 0 Å². The average molecular weight is 234 g/mol. The molecule has 0 saturated carbocycles. The van der Waals surface area contributed by atoms with E-state index in [0.717, 1.165) is 17.4 Å². The first-order valence-electron chi connectivity index (χ1n) is 6.77. The highest BCUT2D eigenvalue weighted by Crippen LogP contribution is 2.29. The molecule has 0 aromatic carbocycles. The third-order valence-corrected chi connectivity index (χ3v) is 4.31. The summed E-state index contributed by atoms with van der Waals surface area (Å²) in [5.74, 6) is 2.94. The Morgan fingerprint density at radius 3 is 2.65 bits per heavy atom. The monoisotopic (exact) mass is 234 g/mol. The van der Waals surface area contributed by atoms with Crippen molar-refractivity contribution in [2.75, 3.05) is 19.6 Å². The molecule has 0 amide bonds. The lowest BCUT2D eigenvalue weighted by atomic mass is 9.83. The van der Waals surface area contributed by atoms with Gasteiger partial charge in [0.25, 0.3) is 0 Å². The van der Waals surface area contributed by atoms with E-state index in [-0.39, 0.29) is 0 Å². The molecule has 1 aromatic rings. The summed E-state index contributed by atoms with van der Waals surface area (Å²) in [5.41, 5.74) is 0. The molecule has 94 valence electrons. The molecule has 1 N–H and O–H groups in total. The van der Waals surface area contributed by atoms with Crippen molar-refractivity contribution in [3.63, 3.8) is 0 Å². The van der Waals surface area contributed by atoms with Gasteiger partial charge < -0.3 is 14.6 Å². The molecule has 2 atom stereocenters. The summed E-state index contributed by atoms with van der Waals surface area (Å²) in [6.07, 6.45) is 2.73. The van der Waals surface area contributed by atoms with Crippen LogP contribution in [0.2, 0.25) is 0 Å². The van der Waals surface area contributed by atoms with Gasteiger partial charge >= 0.3 is 0 Å². The third kappa shape index (κ3) is 2.26. The number of nitrogens with one attached hydrogen (secondary N) is 1. The second-order valence-electron chi connectivity index (χ2n) is 5.58. The lowest BCUT2D eigenvalue weighted by molar-refractivity contribution is 0.0666. The van der Waals surface area contributed by atoms with E-state index in [9.17, 15) is 0 Å². The van der Waals surface area contributed by atoms with Crippen LogP contribution in [-0.2, 0) is 0 Å². The number of rotatable bonds is 3. The van der Waals surface area contributed by atoms with E-state index < -0.39 is 0 Å². The van der Waals surface area contributed by atoms with E-state index in [1.165, 1.54) is 32.5 Å². The van der Waals surface area contributed by atoms with Gasteiger partial charge in [0.2, 0.25) is 0 Å². The zero-order valence-corrected chi connectivity index (χ0v) is 10.8. The van der Waals surface area contributed by atoms with Crippen molar-refractivity contribution in [3.8, 4) is 0 Å². The van der Waals surface area contributed by atoms with Crippen LogP contribution in [0.25, 0.3) is 0 Å². The molecule has 3 aliphatic rings.